The predicted molar refractivity (Wildman–Crippen MR) is 105 cm³/mol. The molecule has 3 rings (SSSR count). The third-order valence-corrected chi connectivity index (χ3v) is 5.47. The zero-order chi connectivity index (χ0) is 19.2. The number of rotatable bonds is 8. The molecule has 0 amide bonds. The van der Waals surface area contributed by atoms with Crippen molar-refractivity contribution in [2.75, 3.05) is 17.2 Å². The van der Waals surface area contributed by atoms with E-state index in [1.165, 1.54) is 16.7 Å². The molecule has 1 aliphatic carbocycles. The zero-order valence-electron chi connectivity index (χ0n) is 15.3. The second-order valence-electron chi connectivity index (χ2n) is 6.73. The smallest absolute Gasteiger partial charge is 0.355 e. The molecule has 27 heavy (non-hydrogen) atoms. The fourth-order valence-corrected chi connectivity index (χ4v) is 3.82. The summed E-state index contributed by atoms with van der Waals surface area (Å²) in [5.41, 5.74) is 0.714. The molecule has 0 bridgehead atoms. The van der Waals surface area contributed by atoms with Gasteiger partial charge in [-0.15, -0.1) is 11.3 Å². The Hall–Kier alpha value is -2.26. The minimum Gasteiger partial charge on any atom is -0.476 e. The number of aromatic nitrogens is 3. The molecule has 1 fully saturated rings. The maximum absolute atomic E-state index is 11.1. The number of aliphatic hydroxyl groups is 1. The average molecular weight is 391 g/mol. The Balaban J connectivity index is 1.84. The molecule has 0 radical (unpaired) electrons. The van der Waals surface area contributed by atoms with Crippen molar-refractivity contribution in [1.29, 1.82) is 0 Å². The highest BCUT2D eigenvalue weighted by Crippen LogP contribution is 2.31. The second kappa shape index (κ2) is 9.09. The molecule has 0 aromatic carbocycles. The monoisotopic (exact) mass is 391 g/mol. The number of aromatic carboxylic acids is 1. The summed E-state index contributed by atoms with van der Waals surface area (Å²) >= 11 is 1.26. The van der Waals surface area contributed by atoms with Crippen molar-refractivity contribution in [2.45, 2.75) is 57.6 Å². The first-order chi connectivity index (χ1) is 13.1. The molecule has 2 aromatic rings. The van der Waals surface area contributed by atoms with E-state index >= 15 is 0 Å². The van der Waals surface area contributed by atoms with Gasteiger partial charge >= 0.3 is 5.97 Å². The van der Waals surface area contributed by atoms with Crippen LogP contribution in [-0.4, -0.2) is 49.8 Å². The molecule has 146 valence electrons. The van der Waals surface area contributed by atoms with Crippen molar-refractivity contribution in [3.05, 3.63) is 17.3 Å². The largest absolute Gasteiger partial charge is 0.476 e. The highest BCUT2D eigenvalue weighted by molar-refractivity contribution is 7.13. The molecule has 0 atom stereocenters. The number of nitrogens with zero attached hydrogens (tertiary/aromatic N) is 3. The van der Waals surface area contributed by atoms with Gasteiger partial charge in [0.15, 0.2) is 5.69 Å². The van der Waals surface area contributed by atoms with Crippen molar-refractivity contribution in [2.24, 2.45) is 0 Å². The Kier molecular flexibility index (Phi) is 6.57. The number of unbranched alkanes of at least 4 members (excludes halogenated alkanes) is 1. The maximum atomic E-state index is 11.1. The van der Waals surface area contributed by atoms with Gasteiger partial charge in [0.25, 0.3) is 0 Å². The van der Waals surface area contributed by atoms with Crippen molar-refractivity contribution >= 4 is 29.1 Å². The number of carboxylic acid groups (broad SMARTS) is 1. The van der Waals surface area contributed by atoms with E-state index in [2.05, 4.69) is 32.5 Å². The quantitative estimate of drug-likeness (QED) is 0.506. The molecule has 1 aliphatic rings. The van der Waals surface area contributed by atoms with Crippen LogP contribution in [0.3, 0.4) is 0 Å². The highest BCUT2D eigenvalue weighted by Gasteiger charge is 2.22. The summed E-state index contributed by atoms with van der Waals surface area (Å²) in [6.45, 7) is 2.92. The molecule has 0 aliphatic heterocycles. The van der Waals surface area contributed by atoms with E-state index in [1.807, 2.05) is 0 Å². The lowest BCUT2D eigenvalue weighted by atomic mass is 9.93. The SMILES string of the molecule is CCCCNc1ncc(-c2nc(C(=O)O)cs2)c(NC2CCC(O)CC2)n1. The average Bonchev–Trinajstić information content (AvgIpc) is 3.14. The fourth-order valence-electron chi connectivity index (χ4n) is 3.02. The molecule has 1 saturated carbocycles. The van der Waals surface area contributed by atoms with Gasteiger partial charge in [-0.05, 0) is 32.1 Å². The number of carbonyl (C=O) groups is 1. The van der Waals surface area contributed by atoms with E-state index in [4.69, 9.17) is 5.11 Å². The van der Waals surface area contributed by atoms with E-state index in [1.54, 1.807) is 6.20 Å². The maximum Gasteiger partial charge on any atom is 0.355 e. The molecule has 8 nitrogen and oxygen atoms in total. The minimum absolute atomic E-state index is 0.0203. The second-order valence-corrected chi connectivity index (χ2v) is 7.59. The fraction of sp³-hybridized carbons (Fsp3) is 0.556. The number of hydrogen-bond acceptors (Lipinski definition) is 8. The van der Waals surface area contributed by atoms with Gasteiger partial charge < -0.3 is 20.8 Å². The predicted octanol–water partition coefficient (Wildman–Crippen LogP) is 3.23. The lowest BCUT2D eigenvalue weighted by Gasteiger charge is -2.27. The van der Waals surface area contributed by atoms with Gasteiger partial charge in [0.2, 0.25) is 5.95 Å². The van der Waals surface area contributed by atoms with Gasteiger partial charge in [-0.1, -0.05) is 13.3 Å². The summed E-state index contributed by atoms with van der Waals surface area (Å²) in [5, 5.41) is 27.6. The summed E-state index contributed by atoms with van der Waals surface area (Å²) in [7, 11) is 0. The van der Waals surface area contributed by atoms with E-state index in [-0.39, 0.29) is 17.8 Å². The van der Waals surface area contributed by atoms with E-state index in [9.17, 15) is 9.90 Å². The molecular weight excluding hydrogens is 366 g/mol. The van der Waals surface area contributed by atoms with Crippen LogP contribution in [-0.2, 0) is 0 Å². The van der Waals surface area contributed by atoms with Crippen LogP contribution in [0.2, 0.25) is 0 Å². The molecule has 4 N–H and O–H groups in total. The van der Waals surface area contributed by atoms with Crippen molar-refractivity contribution in [1.82, 2.24) is 15.0 Å². The first-order valence-corrected chi connectivity index (χ1v) is 10.2. The molecule has 2 heterocycles. The van der Waals surface area contributed by atoms with Crippen LogP contribution >= 0.6 is 11.3 Å². The van der Waals surface area contributed by atoms with Crippen molar-refractivity contribution in [3.8, 4) is 10.6 Å². The topological polar surface area (TPSA) is 120 Å². The van der Waals surface area contributed by atoms with Crippen LogP contribution in [0.15, 0.2) is 11.6 Å². The lowest BCUT2D eigenvalue weighted by molar-refractivity contribution is 0.0691. The molecule has 9 heteroatoms. The Labute approximate surface area is 162 Å². The molecule has 2 aromatic heterocycles. The van der Waals surface area contributed by atoms with Crippen LogP contribution in [0, 0.1) is 0 Å². The Morgan fingerprint density at radius 1 is 1.30 bits per heavy atom. The van der Waals surface area contributed by atoms with E-state index in [0.717, 1.165) is 45.1 Å². The van der Waals surface area contributed by atoms with Gasteiger partial charge in [0, 0.05) is 24.2 Å². The van der Waals surface area contributed by atoms with Gasteiger partial charge in [0.05, 0.1) is 11.7 Å². The van der Waals surface area contributed by atoms with Crippen LogP contribution < -0.4 is 10.6 Å². The molecule has 0 unspecified atom stereocenters. The third kappa shape index (κ3) is 5.14. The first-order valence-electron chi connectivity index (χ1n) is 9.31. The van der Waals surface area contributed by atoms with Crippen molar-refractivity contribution in [3.63, 3.8) is 0 Å². The third-order valence-electron chi connectivity index (χ3n) is 4.59. The van der Waals surface area contributed by atoms with Crippen molar-refractivity contribution < 1.29 is 15.0 Å². The first kappa shape index (κ1) is 19.5. The van der Waals surface area contributed by atoms with Gasteiger partial charge in [-0.2, -0.15) is 4.98 Å². The summed E-state index contributed by atoms with van der Waals surface area (Å²) in [5.74, 6) is 0.143. The summed E-state index contributed by atoms with van der Waals surface area (Å²) in [4.78, 5) is 24.3. The molecular formula is C18H25N5O3S. The standard InChI is InChI=1S/C18H25N5O3S/c1-2-3-8-19-18-20-9-13(16-22-14(10-27-16)17(25)26)15(23-18)21-11-4-6-12(24)7-5-11/h9-12,24H,2-8H2,1H3,(H,25,26)(H2,19,20,21,23). The number of thiazole rings is 1. The zero-order valence-corrected chi connectivity index (χ0v) is 16.1. The summed E-state index contributed by atoms with van der Waals surface area (Å²) < 4.78 is 0. The summed E-state index contributed by atoms with van der Waals surface area (Å²) in [6.07, 6.45) is 6.83. The van der Waals surface area contributed by atoms with Gasteiger partial charge in [0.1, 0.15) is 10.8 Å². The van der Waals surface area contributed by atoms with E-state index in [0.29, 0.717) is 22.3 Å². The highest BCUT2D eigenvalue weighted by atomic mass is 32.1. The van der Waals surface area contributed by atoms with Gasteiger partial charge in [-0.25, -0.2) is 14.8 Å². The van der Waals surface area contributed by atoms with Gasteiger partial charge in [-0.3, -0.25) is 0 Å². The molecule has 0 spiro atoms. The minimum atomic E-state index is -1.05. The summed E-state index contributed by atoms with van der Waals surface area (Å²) in [6, 6.07) is 0.212. The normalized spacial score (nSPS) is 19.6. The Morgan fingerprint density at radius 3 is 2.74 bits per heavy atom. The Morgan fingerprint density at radius 2 is 2.07 bits per heavy atom. The van der Waals surface area contributed by atoms with Crippen LogP contribution in [0.4, 0.5) is 11.8 Å². The Bertz CT molecular complexity index is 774. The number of nitrogens with one attached hydrogen (secondary N) is 2. The van der Waals surface area contributed by atoms with E-state index < -0.39 is 5.97 Å². The van der Waals surface area contributed by atoms with Crippen LogP contribution in [0.25, 0.3) is 10.6 Å². The number of carboxylic acids is 1. The number of anilines is 2. The number of aliphatic hydroxyl groups excluding tert-OH is 1. The van der Waals surface area contributed by atoms with Crippen LogP contribution in [0.5, 0.6) is 0 Å². The lowest BCUT2D eigenvalue weighted by Crippen LogP contribution is -2.29. The number of hydrogen-bond donors (Lipinski definition) is 4. The van der Waals surface area contributed by atoms with Crippen LogP contribution in [0.1, 0.15) is 55.9 Å². The molecule has 0 saturated heterocycles.